The molecule has 0 aromatic heterocycles. The Hall–Kier alpha value is -3.53. The zero-order valence-electron chi connectivity index (χ0n) is 13.0. The molecule has 2 aromatic rings. The Kier molecular flexibility index (Phi) is 4.26. The molecule has 0 unspecified atom stereocenters. The standard InChI is InChI=1S/C16H13N3O6S/c20-10-6-5-9(12(21)7-10)8-17-18-16(23)14-15(22)11-3-1-2-4-13(11)26(24,25)19-14/h1-8,19-22H,(H,18,23)/b17-8+. The van der Waals surface area contributed by atoms with Gasteiger partial charge >= 0.3 is 0 Å². The number of hydrazone groups is 1. The van der Waals surface area contributed by atoms with E-state index in [1.807, 2.05) is 4.72 Å². The van der Waals surface area contributed by atoms with Crippen LogP contribution in [0.5, 0.6) is 11.5 Å². The minimum absolute atomic E-state index is 0.00319. The number of sulfonamides is 1. The lowest BCUT2D eigenvalue weighted by Crippen LogP contribution is -2.37. The molecular weight excluding hydrogens is 362 g/mol. The first-order valence-electron chi connectivity index (χ1n) is 7.20. The highest BCUT2D eigenvalue weighted by atomic mass is 32.2. The van der Waals surface area contributed by atoms with Gasteiger partial charge in [0.2, 0.25) is 0 Å². The summed E-state index contributed by atoms with van der Waals surface area (Å²) in [5, 5.41) is 32.6. The maximum Gasteiger partial charge on any atom is 0.292 e. The molecule has 134 valence electrons. The van der Waals surface area contributed by atoms with Crippen molar-refractivity contribution in [3.8, 4) is 11.5 Å². The number of nitrogens with zero attached hydrogens (tertiary/aromatic N) is 1. The van der Waals surface area contributed by atoms with Gasteiger partial charge in [-0.3, -0.25) is 9.52 Å². The monoisotopic (exact) mass is 375 g/mol. The SMILES string of the molecule is O=C(N/N=C/c1ccc(O)cc1O)C1=C(O)c2ccccc2S(=O)(=O)N1. The van der Waals surface area contributed by atoms with Gasteiger partial charge in [0.25, 0.3) is 15.9 Å². The first-order valence-corrected chi connectivity index (χ1v) is 8.69. The molecule has 3 rings (SSSR count). The van der Waals surface area contributed by atoms with Crippen molar-refractivity contribution in [3.05, 3.63) is 59.3 Å². The van der Waals surface area contributed by atoms with E-state index in [1.165, 1.54) is 36.4 Å². The molecule has 5 N–H and O–H groups in total. The number of hydrogen-bond acceptors (Lipinski definition) is 7. The molecule has 0 fully saturated rings. The molecule has 9 nitrogen and oxygen atoms in total. The van der Waals surface area contributed by atoms with Gasteiger partial charge in [-0.25, -0.2) is 13.8 Å². The topological polar surface area (TPSA) is 148 Å². The molecular formula is C16H13N3O6S. The van der Waals surface area contributed by atoms with Gasteiger partial charge in [-0.05, 0) is 24.3 Å². The smallest absolute Gasteiger partial charge is 0.292 e. The molecule has 0 aliphatic carbocycles. The quantitative estimate of drug-likeness (QED) is 0.395. The lowest BCUT2D eigenvalue weighted by molar-refractivity contribution is -0.117. The number of phenolic OH excluding ortho intramolecular Hbond substituents is 2. The van der Waals surface area contributed by atoms with Crippen molar-refractivity contribution < 1.29 is 28.5 Å². The third-order valence-corrected chi connectivity index (χ3v) is 4.92. The number of carbonyl (C=O) groups is 1. The fourth-order valence-electron chi connectivity index (χ4n) is 2.28. The van der Waals surface area contributed by atoms with Gasteiger partial charge in [-0.2, -0.15) is 5.10 Å². The van der Waals surface area contributed by atoms with Crippen LogP contribution in [0.1, 0.15) is 11.1 Å². The zero-order chi connectivity index (χ0) is 18.9. The molecule has 1 heterocycles. The van der Waals surface area contributed by atoms with Crippen LogP contribution >= 0.6 is 0 Å². The summed E-state index contributed by atoms with van der Waals surface area (Å²) in [5.41, 5.74) is 1.68. The Bertz CT molecular complexity index is 1060. The predicted octanol–water partition coefficient (Wildman–Crippen LogP) is 0.767. The van der Waals surface area contributed by atoms with E-state index in [0.717, 1.165) is 12.3 Å². The number of hydrogen-bond donors (Lipinski definition) is 5. The number of amides is 1. The number of aliphatic hydroxyl groups excluding tert-OH is 1. The van der Waals surface area contributed by atoms with E-state index >= 15 is 0 Å². The molecule has 2 aromatic carbocycles. The Morgan fingerprint density at radius 1 is 1.12 bits per heavy atom. The summed E-state index contributed by atoms with van der Waals surface area (Å²) in [6.07, 6.45) is 1.09. The average Bonchev–Trinajstić information content (AvgIpc) is 2.60. The van der Waals surface area contributed by atoms with Crippen LogP contribution in [0.4, 0.5) is 0 Å². The van der Waals surface area contributed by atoms with Crippen molar-refractivity contribution in [2.75, 3.05) is 0 Å². The van der Waals surface area contributed by atoms with E-state index in [4.69, 9.17) is 0 Å². The second kappa shape index (κ2) is 6.41. The van der Waals surface area contributed by atoms with Crippen molar-refractivity contribution >= 4 is 27.9 Å². The van der Waals surface area contributed by atoms with Crippen molar-refractivity contribution in [2.45, 2.75) is 4.90 Å². The molecule has 0 saturated heterocycles. The summed E-state index contributed by atoms with van der Waals surface area (Å²) in [5.74, 6) is -1.93. The second-order valence-electron chi connectivity index (χ2n) is 5.27. The summed E-state index contributed by atoms with van der Waals surface area (Å²) in [7, 11) is -4.01. The fourth-order valence-corrected chi connectivity index (χ4v) is 3.56. The zero-order valence-corrected chi connectivity index (χ0v) is 13.9. The molecule has 1 amide bonds. The molecule has 0 bridgehead atoms. The van der Waals surface area contributed by atoms with Gasteiger partial charge in [0.15, 0.2) is 11.5 Å². The molecule has 10 heteroatoms. The van der Waals surface area contributed by atoms with Gasteiger partial charge < -0.3 is 15.3 Å². The lowest BCUT2D eigenvalue weighted by atomic mass is 10.1. The number of nitrogens with one attached hydrogen (secondary N) is 2. The Morgan fingerprint density at radius 2 is 1.85 bits per heavy atom. The third-order valence-electron chi connectivity index (χ3n) is 3.52. The summed E-state index contributed by atoms with van der Waals surface area (Å²) < 4.78 is 26.3. The Morgan fingerprint density at radius 3 is 2.58 bits per heavy atom. The van der Waals surface area contributed by atoms with E-state index in [0.29, 0.717) is 0 Å². The van der Waals surface area contributed by atoms with E-state index in [1.54, 1.807) is 0 Å². The Labute approximate surface area is 148 Å². The second-order valence-corrected chi connectivity index (χ2v) is 6.92. The minimum Gasteiger partial charge on any atom is -0.508 e. The number of phenols is 2. The van der Waals surface area contributed by atoms with E-state index < -0.39 is 27.4 Å². The maximum absolute atomic E-state index is 12.2. The summed E-state index contributed by atoms with van der Waals surface area (Å²) in [6, 6.07) is 9.44. The number of fused-ring (bicyclic) bond motifs is 1. The summed E-state index contributed by atoms with van der Waals surface area (Å²) >= 11 is 0. The van der Waals surface area contributed by atoms with Crippen molar-refractivity contribution in [2.24, 2.45) is 5.10 Å². The van der Waals surface area contributed by atoms with Crippen LogP contribution in [0.15, 0.2) is 58.2 Å². The van der Waals surface area contributed by atoms with Crippen LogP contribution in [-0.2, 0) is 14.8 Å². The third kappa shape index (κ3) is 3.17. The molecule has 0 saturated carbocycles. The highest BCUT2D eigenvalue weighted by Crippen LogP contribution is 2.28. The van der Waals surface area contributed by atoms with Gasteiger partial charge in [0, 0.05) is 17.2 Å². The molecule has 1 aliphatic heterocycles. The molecule has 0 atom stereocenters. The molecule has 0 radical (unpaired) electrons. The van der Waals surface area contributed by atoms with Crippen molar-refractivity contribution in [1.82, 2.24) is 10.1 Å². The first-order chi connectivity index (χ1) is 12.3. The normalized spacial score (nSPS) is 15.4. The number of aliphatic hydroxyl groups is 1. The van der Waals surface area contributed by atoms with Crippen LogP contribution < -0.4 is 10.1 Å². The van der Waals surface area contributed by atoms with Gasteiger partial charge in [0.1, 0.15) is 11.5 Å². The van der Waals surface area contributed by atoms with Crippen molar-refractivity contribution in [3.63, 3.8) is 0 Å². The van der Waals surface area contributed by atoms with Crippen LogP contribution in [0, 0.1) is 0 Å². The molecule has 0 spiro atoms. The van der Waals surface area contributed by atoms with E-state index in [9.17, 15) is 28.5 Å². The van der Waals surface area contributed by atoms with E-state index in [-0.39, 0.29) is 27.5 Å². The van der Waals surface area contributed by atoms with Crippen LogP contribution in [0.3, 0.4) is 0 Å². The Balaban J connectivity index is 1.85. The summed E-state index contributed by atoms with van der Waals surface area (Å²) in [6.45, 7) is 0. The number of rotatable bonds is 3. The lowest BCUT2D eigenvalue weighted by Gasteiger charge is -2.20. The van der Waals surface area contributed by atoms with Crippen LogP contribution in [0.25, 0.3) is 5.76 Å². The number of carbonyl (C=O) groups excluding carboxylic acids is 1. The van der Waals surface area contributed by atoms with Gasteiger partial charge in [-0.15, -0.1) is 0 Å². The highest BCUT2D eigenvalue weighted by molar-refractivity contribution is 7.89. The first kappa shape index (κ1) is 17.3. The van der Waals surface area contributed by atoms with Gasteiger partial charge in [0.05, 0.1) is 11.1 Å². The minimum atomic E-state index is -4.01. The maximum atomic E-state index is 12.2. The van der Waals surface area contributed by atoms with Crippen LogP contribution in [-0.4, -0.2) is 35.9 Å². The summed E-state index contributed by atoms with van der Waals surface area (Å²) in [4.78, 5) is 12.0. The van der Waals surface area contributed by atoms with Gasteiger partial charge in [-0.1, -0.05) is 12.1 Å². The number of aromatic hydroxyl groups is 2. The average molecular weight is 375 g/mol. The molecule has 26 heavy (non-hydrogen) atoms. The van der Waals surface area contributed by atoms with Crippen LogP contribution in [0.2, 0.25) is 0 Å². The largest absolute Gasteiger partial charge is 0.508 e. The predicted molar refractivity (Wildman–Crippen MR) is 91.8 cm³/mol. The van der Waals surface area contributed by atoms with Crippen molar-refractivity contribution in [1.29, 1.82) is 0 Å². The number of benzene rings is 2. The van der Waals surface area contributed by atoms with E-state index in [2.05, 4.69) is 10.5 Å². The fraction of sp³-hybridized carbons (Fsp3) is 0. The highest BCUT2D eigenvalue weighted by Gasteiger charge is 2.32. The molecule has 1 aliphatic rings.